The van der Waals surface area contributed by atoms with Crippen LogP contribution in [0.1, 0.15) is 19.4 Å². The molecular formula is C20H25BO2Si. The lowest BCUT2D eigenvalue weighted by molar-refractivity contribution is 0.0344. The summed E-state index contributed by atoms with van der Waals surface area (Å²) in [4.78, 5) is 0. The first-order chi connectivity index (χ1) is 11.3. The molecule has 0 amide bonds. The summed E-state index contributed by atoms with van der Waals surface area (Å²) in [5.74, 6) is 3.40. The predicted octanol–water partition coefficient (Wildman–Crippen LogP) is 3.84. The van der Waals surface area contributed by atoms with Crippen LogP contribution in [0.15, 0.2) is 36.4 Å². The minimum atomic E-state index is -1.40. The number of rotatable bonds is 1. The number of benzene rings is 2. The molecule has 0 aromatic heterocycles. The molecule has 2 nitrogen and oxygen atoms in total. The molecule has 1 fully saturated rings. The van der Waals surface area contributed by atoms with Crippen molar-refractivity contribution in [2.24, 2.45) is 5.41 Å². The van der Waals surface area contributed by atoms with E-state index in [4.69, 9.17) is 9.31 Å². The predicted molar refractivity (Wildman–Crippen MR) is 105 cm³/mol. The van der Waals surface area contributed by atoms with Crippen molar-refractivity contribution in [3.8, 4) is 11.5 Å². The highest BCUT2D eigenvalue weighted by molar-refractivity contribution is 6.83. The van der Waals surface area contributed by atoms with Crippen LogP contribution in [-0.2, 0) is 9.31 Å². The van der Waals surface area contributed by atoms with Gasteiger partial charge in [0.05, 0.1) is 0 Å². The van der Waals surface area contributed by atoms with Gasteiger partial charge in [0.1, 0.15) is 8.07 Å². The van der Waals surface area contributed by atoms with Crippen molar-refractivity contribution in [2.45, 2.75) is 33.5 Å². The minimum absolute atomic E-state index is 0.0784. The standard InChI is InChI=1S/C20H25BO2Si/c1-20(2)14-22-21(23-15-20)19-11-10-16(12-13-24(3,4)5)17-8-6-7-9-18(17)19/h6-11H,14-15H2,1-5H3. The first-order valence-electron chi connectivity index (χ1n) is 8.53. The molecule has 1 heterocycles. The van der Waals surface area contributed by atoms with Gasteiger partial charge >= 0.3 is 7.12 Å². The van der Waals surface area contributed by atoms with Gasteiger partial charge in [-0.05, 0) is 22.3 Å². The third-order valence-electron chi connectivity index (χ3n) is 4.03. The van der Waals surface area contributed by atoms with Gasteiger partial charge in [-0.3, -0.25) is 0 Å². The van der Waals surface area contributed by atoms with Gasteiger partial charge in [0.2, 0.25) is 0 Å². The van der Waals surface area contributed by atoms with Crippen molar-refractivity contribution in [2.75, 3.05) is 13.2 Å². The zero-order valence-corrected chi connectivity index (χ0v) is 16.3. The summed E-state index contributed by atoms with van der Waals surface area (Å²) < 4.78 is 12.0. The number of hydrogen-bond acceptors (Lipinski definition) is 2. The second kappa shape index (κ2) is 6.40. The van der Waals surface area contributed by atoms with E-state index in [0.29, 0.717) is 13.2 Å². The zero-order valence-electron chi connectivity index (χ0n) is 15.3. The van der Waals surface area contributed by atoms with Crippen LogP contribution in [0, 0.1) is 16.9 Å². The molecule has 2 aromatic rings. The van der Waals surface area contributed by atoms with E-state index in [1.807, 2.05) is 0 Å². The Morgan fingerprint density at radius 1 is 0.958 bits per heavy atom. The Morgan fingerprint density at radius 3 is 2.21 bits per heavy atom. The Kier molecular flexibility index (Phi) is 4.61. The Hall–Kier alpha value is -1.54. The Labute approximate surface area is 146 Å². The average Bonchev–Trinajstić information content (AvgIpc) is 2.52. The molecule has 1 aliphatic rings. The molecule has 0 saturated carbocycles. The molecule has 124 valence electrons. The largest absolute Gasteiger partial charge is 0.494 e. The highest BCUT2D eigenvalue weighted by Gasteiger charge is 2.34. The van der Waals surface area contributed by atoms with E-state index in [2.05, 4.69) is 81.4 Å². The van der Waals surface area contributed by atoms with E-state index in [1.165, 1.54) is 10.8 Å². The summed E-state index contributed by atoms with van der Waals surface area (Å²) in [6.07, 6.45) is 0. The molecule has 0 bridgehead atoms. The molecule has 0 unspecified atom stereocenters. The van der Waals surface area contributed by atoms with Gasteiger partial charge in [0.15, 0.2) is 0 Å². The molecule has 3 rings (SSSR count). The van der Waals surface area contributed by atoms with Crippen LogP contribution < -0.4 is 5.46 Å². The van der Waals surface area contributed by atoms with E-state index >= 15 is 0 Å². The number of hydrogen-bond donors (Lipinski definition) is 0. The maximum Gasteiger partial charge on any atom is 0.494 e. The van der Waals surface area contributed by atoms with E-state index in [0.717, 1.165) is 11.0 Å². The summed E-state index contributed by atoms with van der Waals surface area (Å²) in [5.41, 5.74) is 5.73. The van der Waals surface area contributed by atoms with Crippen LogP contribution in [0.25, 0.3) is 10.8 Å². The Balaban J connectivity index is 2.01. The second-order valence-electron chi connectivity index (χ2n) is 8.37. The van der Waals surface area contributed by atoms with Crippen molar-refractivity contribution in [3.05, 3.63) is 42.0 Å². The zero-order chi connectivity index (χ0) is 17.4. The summed E-state index contributed by atoms with van der Waals surface area (Å²) in [6.45, 7) is 12.5. The first kappa shape index (κ1) is 17.3. The summed E-state index contributed by atoms with van der Waals surface area (Å²) in [6, 6.07) is 12.6. The lowest BCUT2D eigenvalue weighted by atomic mass is 9.73. The highest BCUT2D eigenvalue weighted by atomic mass is 28.3. The van der Waals surface area contributed by atoms with Gasteiger partial charge in [-0.1, -0.05) is 69.7 Å². The summed E-state index contributed by atoms with van der Waals surface area (Å²) in [7, 11) is -1.69. The van der Waals surface area contributed by atoms with Crippen LogP contribution in [0.4, 0.5) is 0 Å². The fourth-order valence-corrected chi connectivity index (χ4v) is 3.27. The van der Waals surface area contributed by atoms with Gasteiger partial charge in [-0.2, -0.15) is 0 Å². The fraction of sp³-hybridized carbons (Fsp3) is 0.400. The van der Waals surface area contributed by atoms with Crippen molar-refractivity contribution in [1.29, 1.82) is 0 Å². The van der Waals surface area contributed by atoms with Gasteiger partial charge in [0.25, 0.3) is 0 Å². The molecule has 1 saturated heterocycles. The topological polar surface area (TPSA) is 18.5 Å². The van der Waals surface area contributed by atoms with Gasteiger partial charge in [-0.15, -0.1) is 5.54 Å². The van der Waals surface area contributed by atoms with Crippen molar-refractivity contribution in [1.82, 2.24) is 0 Å². The quantitative estimate of drug-likeness (QED) is 0.582. The average molecular weight is 336 g/mol. The maximum absolute atomic E-state index is 5.99. The second-order valence-corrected chi connectivity index (χ2v) is 13.1. The van der Waals surface area contributed by atoms with Crippen LogP contribution in [0.5, 0.6) is 0 Å². The Bertz CT molecular complexity index is 802. The van der Waals surface area contributed by atoms with Crippen LogP contribution in [0.2, 0.25) is 19.6 Å². The molecular weight excluding hydrogens is 311 g/mol. The SMILES string of the molecule is CC1(C)COB(c2ccc(C#C[Si](C)(C)C)c3ccccc23)OC1. The van der Waals surface area contributed by atoms with Gasteiger partial charge in [-0.25, -0.2) is 0 Å². The monoisotopic (exact) mass is 336 g/mol. The molecule has 0 N–H and O–H groups in total. The smallest absolute Gasteiger partial charge is 0.407 e. The normalized spacial score (nSPS) is 17.5. The molecule has 4 heteroatoms. The summed E-state index contributed by atoms with van der Waals surface area (Å²) in [5, 5.41) is 2.35. The molecule has 24 heavy (non-hydrogen) atoms. The molecule has 1 aliphatic heterocycles. The molecule has 0 spiro atoms. The third kappa shape index (κ3) is 3.92. The van der Waals surface area contributed by atoms with Gasteiger partial charge < -0.3 is 9.31 Å². The van der Waals surface area contributed by atoms with Crippen molar-refractivity contribution < 1.29 is 9.31 Å². The molecule has 0 radical (unpaired) electrons. The minimum Gasteiger partial charge on any atom is -0.407 e. The highest BCUT2D eigenvalue weighted by Crippen LogP contribution is 2.24. The van der Waals surface area contributed by atoms with Crippen LogP contribution in [0.3, 0.4) is 0 Å². The summed E-state index contributed by atoms with van der Waals surface area (Å²) >= 11 is 0. The van der Waals surface area contributed by atoms with E-state index in [-0.39, 0.29) is 12.5 Å². The van der Waals surface area contributed by atoms with Gasteiger partial charge in [0, 0.05) is 24.2 Å². The first-order valence-corrected chi connectivity index (χ1v) is 12.0. The van der Waals surface area contributed by atoms with Crippen LogP contribution in [-0.4, -0.2) is 28.4 Å². The van der Waals surface area contributed by atoms with Crippen LogP contribution >= 0.6 is 0 Å². The lowest BCUT2D eigenvalue weighted by Crippen LogP contribution is -2.47. The van der Waals surface area contributed by atoms with Crippen molar-refractivity contribution >= 4 is 31.4 Å². The van der Waals surface area contributed by atoms with E-state index in [1.54, 1.807) is 0 Å². The lowest BCUT2D eigenvalue weighted by Gasteiger charge is -2.33. The molecule has 2 aromatic carbocycles. The fourth-order valence-electron chi connectivity index (χ4n) is 2.76. The van der Waals surface area contributed by atoms with E-state index < -0.39 is 8.07 Å². The maximum atomic E-state index is 5.99. The van der Waals surface area contributed by atoms with E-state index in [9.17, 15) is 0 Å². The molecule has 0 aliphatic carbocycles. The van der Waals surface area contributed by atoms with Crippen molar-refractivity contribution in [3.63, 3.8) is 0 Å². The number of fused-ring (bicyclic) bond motifs is 1. The third-order valence-corrected chi connectivity index (χ3v) is 4.91. The molecule has 0 atom stereocenters. The Morgan fingerprint density at radius 2 is 1.58 bits per heavy atom.